The van der Waals surface area contributed by atoms with E-state index in [0.717, 1.165) is 5.56 Å². The summed E-state index contributed by atoms with van der Waals surface area (Å²) in [4.78, 5) is 3.88. The molecule has 118 valence electrons. The van der Waals surface area contributed by atoms with Crippen molar-refractivity contribution in [1.82, 2.24) is 9.71 Å². The lowest BCUT2D eigenvalue weighted by molar-refractivity contribution is 0.307. The summed E-state index contributed by atoms with van der Waals surface area (Å²) in [5.41, 5.74) is 5.49. The van der Waals surface area contributed by atoms with Crippen LogP contribution in [0.5, 0.6) is 0 Å². The Morgan fingerprint density at radius 2 is 1.95 bits per heavy atom. The zero-order valence-corrected chi connectivity index (χ0v) is 13.1. The highest BCUT2D eigenvalue weighted by Gasteiger charge is 2.35. The number of oxime groups is 1. The first-order valence-corrected chi connectivity index (χ1v) is 8.43. The molecule has 0 aliphatic carbocycles. The molecule has 4 N–H and O–H groups in total. The number of aromatic nitrogens is 1. The standard InChI is InChI=1S/C13H22N4O3S/c1-3-13(4-2,12(14)16-18)17-21(19,20)10-7-11-5-8-15-9-6-11/h5-6,8-9,17-18H,3-4,7,10H2,1-2H3,(H2,14,16). The van der Waals surface area contributed by atoms with Gasteiger partial charge in [0, 0.05) is 12.4 Å². The Bertz CT molecular complexity index is 568. The molecule has 0 aliphatic heterocycles. The van der Waals surface area contributed by atoms with Gasteiger partial charge in [-0.2, -0.15) is 0 Å². The van der Waals surface area contributed by atoms with Gasteiger partial charge in [0.25, 0.3) is 0 Å². The summed E-state index contributed by atoms with van der Waals surface area (Å²) in [6.45, 7) is 3.57. The van der Waals surface area contributed by atoms with E-state index in [0.29, 0.717) is 19.3 Å². The Morgan fingerprint density at radius 1 is 1.38 bits per heavy atom. The van der Waals surface area contributed by atoms with Crippen molar-refractivity contribution in [3.63, 3.8) is 0 Å². The molecule has 1 heterocycles. The van der Waals surface area contributed by atoms with Gasteiger partial charge in [-0.1, -0.05) is 19.0 Å². The van der Waals surface area contributed by atoms with E-state index in [-0.39, 0.29) is 11.6 Å². The number of hydrogen-bond acceptors (Lipinski definition) is 5. The molecular formula is C13H22N4O3S. The molecule has 0 fully saturated rings. The van der Waals surface area contributed by atoms with Crippen molar-refractivity contribution in [3.8, 4) is 0 Å². The van der Waals surface area contributed by atoms with Gasteiger partial charge in [0.2, 0.25) is 10.0 Å². The maximum atomic E-state index is 12.2. The van der Waals surface area contributed by atoms with E-state index in [1.807, 2.05) is 0 Å². The third kappa shape index (κ3) is 4.68. The predicted octanol–water partition coefficient (Wildman–Crippen LogP) is 0.849. The van der Waals surface area contributed by atoms with Crippen LogP contribution in [0.3, 0.4) is 0 Å². The number of pyridine rings is 1. The molecule has 0 saturated carbocycles. The highest BCUT2D eigenvalue weighted by molar-refractivity contribution is 7.89. The molecule has 0 amide bonds. The van der Waals surface area contributed by atoms with Crippen LogP contribution >= 0.6 is 0 Å². The first kappa shape index (κ1) is 17.4. The molecule has 0 bridgehead atoms. The van der Waals surface area contributed by atoms with Crippen LogP contribution in [0.1, 0.15) is 32.3 Å². The van der Waals surface area contributed by atoms with Crippen molar-refractivity contribution in [3.05, 3.63) is 30.1 Å². The number of nitrogens with zero attached hydrogens (tertiary/aromatic N) is 2. The van der Waals surface area contributed by atoms with Crippen LogP contribution in [0, 0.1) is 0 Å². The summed E-state index contributed by atoms with van der Waals surface area (Å²) in [7, 11) is -3.56. The number of rotatable bonds is 8. The molecule has 1 aromatic heterocycles. The molecule has 0 radical (unpaired) electrons. The summed E-state index contributed by atoms with van der Waals surface area (Å²) in [6, 6.07) is 3.54. The van der Waals surface area contributed by atoms with Crippen molar-refractivity contribution in [2.45, 2.75) is 38.6 Å². The Hall–Kier alpha value is -1.67. The Labute approximate surface area is 125 Å². The molecule has 0 saturated heterocycles. The number of aryl methyl sites for hydroxylation is 1. The molecule has 8 heteroatoms. The molecule has 0 spiro atoms. The molecule has 1 aromatic rings. The first-order valence-electron chi connectivity index (χ1n) is 6.77. The molecule has 1 rings (SSSR count). The maximum absolute atomic E-state index is 12.2. The fourth-order valence-corrected chi connectivity index (χ4v) is 3.65. The van der Waals surface area contributed by atoms with Gasteiger partial charge < -0.3 is 10.9 Å². The zero-order valence-electron chi connectivity index (χ0n) is 12.3. The highest BCUT2D eigenvalue weighted by atomic mass is 32.2. The Balaban J connectivity index is 2.83. The van der Waals surface area contributed by atoms with Gasteiger partial charge in [0.15, 0.2) is 5.84 Å². The van der Waals surface area contributed by atoms with Crippen LogP contribution in [0.25, 0.3) is 0 Å². The maximum Gasteiger partial charge on any atom is 0.212 e. The lowest BCUT2D eigenvalue weighted by Gasteiger charge is -2.30. The number of nitrogens with one attached hydrogen (secondary N) is 1. The Morgan fingerprint density at radius 3 is 2.43 bits per heavy atom. The number of amidine groups is 1. The smallest absolute Gasteiger partial charge is 0.212 e. The fourth-order valence-electron chi connectivity index (χ4n) is 2.05. The van der Waals surface area contributed by atoms with E-state index >= 15 is 0 Å². The van der Waals surface area contributed by atoms with E-state index in [1.54, 1.807) is 38.4 Å². The number of sulfonamides is 1. The van der Waals surface area contributed by atoms with Crippen molar-refractivity contribution in [2.75, 3.05) is 5.75 Å². The second-order valence-corrected chi connectivity index (χ2v) is 6.64. The lowest BCUT2D eigenvalue weighted by atomic mass is 9.93. The van der Waals surface area contributed by atoms with Gasteiger partial charge in [-0.25, -0.2) is 13.1 Å². The minimum atomic E-state index is -3.56. The quantitative estimate of drug-likeness (QED) is 0.284. The Kier molecular flexibility index (Phi) is 6.10. The highest BCUT2D eigenvalue weighted by Crippen LogP contribution is 2.17. The summed E-state index contributed by atoms with van der Waals surface area (Å²) >= 11 is 0. The van der Waals surface area contributed by atoms with E-state index in [4.69, 9.17) is 10.9 Å². The first-order chi connectivity index (χ1) is 9.89. The van der Waals surface area contributed by atoms with Crippen LogP contribution in [0.15, 0.2) is 29.7 Å². The van der Waals surface area contributed by atoms with Gasteiger partial charge in [-0.05, 0) is 37.0 Å². The molecule has 0 unspecified atom stereocenters. The van der Waals surface area contributed by atoms with Crippen molar-refractivity contribution < 1.29 is 13.6 Å². The van der Waals surface area contributed by atoms with Gasteiger partial charge in [-0.15, -0.1) is 0 Å². The van der Waals surface area contributed by atoms with Crippen LogP contribution in [0.2, 0.25) is 0 Å². The van der Waals surface area contributed by atoms with Gasteiger partial charge in [0.1, 0.15) is 0 Å². The van der Waals surface area contributed by atoms with E-state index in [9.17, 15) is 8.42 Å². The second kappa shape index (κ2) is 7.37. The third-order valence-electron chi connectivity index (χ3n) is 3.56. The number of nitrogens with two attached hydrogens (primary N) is 1. The summed E-state index contributed by atoms with van der Waals surface area (Å²) in [6.07, 6.45) is 4.40. The summed E-state index contributed by atoms with van der Waals surface area (Å²) in [5, 5.41) is 11.8. The second-order valence-electron chi connectivity index (χ2n) is 4.80. The lowest BCUT2D eigenvalue weighted by Crippen LogP contribution is -2.57. The summed E-state index contributed by atoms with van der Waals surface area (Å²) < 4.78 is 27.0. The molecule has 7 nitrogen and oxygen atoms in total. The van der Waals surface area contributed by atoms with Crippen molar-refractivity contribution >= 4 is 15.9 Å². The van der Waals surface area contributed by atoms with Crippen LogP contribution in [-0.2, 0) is 16.4 Å². The SMILES string of the molecule is CCC(CC)(NS(=O)(=O)CCc1ccncc1)/C(N)=N/O. The van der Waals surface area contributed by atoms with E-state index in [1.165, 1.54) is 0 Å². The van der Waals surface area contributed by atoms with Gasteiger partial charge in [-0.3, -0.25) is 4.98 Å². The summed E-state index contributed by atoms with van der Waals surface area (Å²) in [5.74, 6) is -0.197. The molecular weight excluding hydrogens is 292 g/mol. The molecule has 0 atom stereocenters. The monoisotopic (exact) mass is 314 g/mol. The average molecular weight is 314 g/mol. The predicted molar refractivity (Wildman–Crippen MR) is 81.6 cm³/mol. The van der Waals surface area contributed by atoms with Crippen molar-refractivity contribution in [1.29, 1.82) is 0 Å². The third-order valence-corrected chi connectivity index (χ3v) is 5.01. The van der Waals surface area contributed by atoms with E-state index in [2.05, 4.69) is 14.9 Å². The van der Waals surface area contributed by atoms with Crippen LogP contribution in [0.4, 0.5) is 0 Å². The topological polar surface area (TPSA) is 118 Å². The normalized spacial score (nSPS) is 13.3. The van der Waals surface area contributed by atoms with Crippen molar-refractivity contribution in [2.24, 2.45) is 10.9 Å². The molecule has 0 aliphatic rings. The van der Waals surface area contributed by atoms with Crippen LogP contribution in [-0.4, -0.2) is 35.7 Å². The average Bonchev–Trinajstić information content (AvgIpc) is 2.51. The van der Waals surface area contributed by atoms with Crippen LogP contribution < -0.4 is 10.5 Å². The molecule has 21 heavy (non-hydrogen) atoms. The van der Waals surface area contributed by atoms with E-state index < -0.39 is 15.6 Å². The minimum absolute atomic E-state index is 0.0720. The van der Waals surface area contributed by atoms with Gasteiger partial charge >= 0.3 is 0 Å². The largest absolute Gasteiger partial charge is 0.409 e. The zero-order chi connectivity index (χ0) is 15.9. The minimum Gasteiger partial charge on any atom is -0.409 e. The fraction of sp³-hybridized carbons (Fsp3) is 0.538. The van der Waals surface area contributed by atoms with Gasteiger partial charge in [0.05, 0.1) is 11.3 Å². The number of hydrogen-bond donors (Lipinski definition) is 3. The molecule has 0 aromatic carbocycles.